The third kappa shape index (κ3) is 9.45. The molecule has 4 rings (SSSR count). The highest BCUT2D eigenvalue weighted by molar-refractivity contribution is 9.10. The number of alkyl carbamates (subject to hydrolysis) is 1. The molecule has 0 aliphatic rings. The summed E-state index contributed by atoms with van der Waals surface area (Å²) in [6, 6.07) is 19.7. The number of aromatic nitrogens is 2. The Morgan fingerprint density at radius 3 is 2.50 bits per heavy atom. The fourth-order valence-electron chi connectivity index (χ4n) is 3.78. The Balaban J connectivity index is 1.40. The van der Waals surface area contributed by atoms with E-state index in [2.05, 4.69) is 57.7 Å². The number of amides is 2. The number of carbonyl (C=O) groups excluding carboxylic acids is 2. The first kappa shape index (κ1) is 30.8. The van der Waals surface area contributed by atoms with Gasteiger partial charge in [-0.3, -0.25) is 4.79 Å². The van der Waals surface area contributed by atoms with Gasteiger partial charge in [-0.15, -0.1) is 0 Å². The average Bonchev–Trinajstić information content (AvgIpc) is 3.50. The number of nitrogens with zero attached hydrogens (tertiary/aromatic N) is 2. The molecule has 0 aliphatic carbocycles. The van der Waals surface area contributed by atoms with Crippen LogP contribution in [0.2, 0.25) is 0 Å². The van der Waals surface area contributed by atoms with E-state index in [1.54, 1.807) is 18.3 Å². The zero-order valence-electron chi connectivity index (χ0n) is 22.7. The number of H-pyrrole nitrogens is 1. The highest BCUT2D eigenvalue weighted by Crippen LogP contribution is 2.37. The number of hydrogen-bond acceptors (Lipinski definition) is 7. The van der Waals surface area contributed by atoms with E-state index in [9.17, 15) is 9.59 Å². The first-order valence-corrected chi connectivity index (χ1v) is 14.6. The molecule has 0 saturated heterocycles. The largest absolute Gasteiger partial charge is 0.490 e. The summed E-state index contributed by atoms with van der Waals surface area (Å²) >= 11 is 6.99. The molecule has 1 atom stereocenters. The van der Waals surface area contributed by atoms with Crippen molar-refractivity contribution in [3.8, 4) is 11.5 Å². The predicted octanol–water partition coefficient (Wildman–Crippen LogP) is 5.90. The molecule has 1 aromatic heterocycles. The van der Waals surface area contributed by atoms with Crippen molar-refractivity contribution in [3.05, 3.63) is 111 Å². The Bertz CT molecular complexity index is 1480. The molecule has 0 spiro atoms. The van der Waals surface area contributed by atoms with Gasteiger partial charge in [0.05, 0.1) is 23.6 Å². The van der Waals surface area contributed by atoms with Crippen LogP contribution >= 0.6 is 31.9 Å². The lowest BCUT2D eigenvalue weighted by Crippen LogP contribution is -2.47. The standard InChI is InChI=1S/C30H29Br2N5O5/c1-2-40-27-13-22(12-25(32)28(27)41-17-21-8-10-23(31)11-9-21)15-35-37-29(38)26(14-24-16-33-19-34-24)36-30(39)42-18-20-6-4-3-5-7-20/h3-13,15-16,19,26H,2,14,17-18H2,1H3,(H,33,34)(H,36,39)(H,37,38)/b35-15-/t26-/m0/s1. The van der Waals surface area contributed by atoms with Gasteiger partial charge in [-0.25, -0.2) is 15.2 Å². The zero-order valence-corrected chi connectivity index (χ0v) is 25.9. The van der Waals surface area contributed by atoms with Crippen molar-refractivity contribution < 1.29 is 23.8 Å². The van der Waals surface area contributed by atoms with Crippen LogP contribution in [0.1, 0.15) is 29.3 Å². The first-order valence-electron chi connectivity index (χ1n) is 13.0. The fraction of sp³-hybridized carbons (Fsp3) is 0.200. The number of rotatable bonds is 13. The van der Waals surface area contributed by atoms with E-state index in [1.807, 2.05) is 61.5 Å². The molecular weight excluding hydrogens is 670 g/mol. The van der Waals surface area contributed by atoms with Gasteiger partial charge in [0.15, 0.2) is 11.5 Å². The highest BCUT2D eigenvalue weighted by Gasteiger charge is 2.22. The number of hydrazone groups is 1. The van der Waals surface area contributed by atoms with E-state index in [-0.39, 0.29) is 13.0 Å². The summed E-state index contributed by atoms with van der Waals surface area (Å²) < 4.78 is 18.8. The molecule has 12 heteroatoms. The number of aromatic amines is 1. The molecule has 1 heterocycles. The molecular formula is C30H29Br2N5O5. The van der Waals surface area contributed by atoms with Crippen LogP contribution in [-0.4, -0.2) is 40.8 Å². The lowest BCUT2D eigenvalue weighted by molar-refractivity contribution is -0.123. The van der Waals surface area contributed by atoms with Crippen molar-refractivity contribution in [2.24, 2.45) is 5.10 Å². The van der Waals surface area contributed by atoms with Crippen molar-refractivity contribution in [1.29, 1.82) is 0 Å². The molecule has 0 bridgehead atoms. The lowest BCUT2D eigenvalue weighted by Gasteiger charge is -2.16. The fourth-order valence-corrected chi connectivity index (χ4v) is 4.62. The van der Waals surface area contributed by atoms with Gasteiger partial charge in [0.25, 0.3) is 5.91 Å². The second kappa shape index (κ2) is 15.7. The molecule has 2 amide bonds. The Kier molecular flexibility index (Phi) is 11.5. The second-order valence-electron chi connectivity index (χ2n) is 8.95. The number of hydrogen-bond donors (Lipinski definition) is 3. The maximum atomic E-state index is 13.0. The van der Waals surface area contributed by atoms with E-state index in [0.29, 0.717) is 40.4 Å². The van der Waals surface area contributed by atoms with Crippen molar-refractivity contribution in [2.45, 2.75) is 32.6 Å². The van der Waals surface area contributed by atoms with Crippen LogP contribution in [0.4, 0.5) is 4.79 Å². The van der Waals surface area contributed by atoms with E-state index in [4.69, 9.17) is 14.2 Å². The summed E-state index contributed by atoms with van der Waals surface area (Å²) in [5.74, 6) is 0.548. The first-order chi connectivity index (χ1) is 20.4. The third-order valence-corrected chi connectivity index (χ3v) is 6.93. The minimum atomic E-state index is -0.967. The monoisotopic (exact) mass is 697 g/mol. The number of carbonyl (C=O) groups is 2. The quantitative estimate of drug-likeness (QED) is 0.118. The Labute approximate surface area is 260 Å². The van der Waals surface area contributed by atoms with Crippen LogP contribution in [0.3, 0.4) is 0 Å². The van der Waals surface area contributed by atoms with Crippen molar-refractivity contribution in [2.75, 3.05) is 6.61 Å². The van der Waals surface area contributed by atoms with E-state index >= 15 is 0 Å². The van der Waals surface area contributed by atoms with Crippen molar-refractivity contribution in [1.82, 2.24) is 20.7 Å². The van der Waals surface area contributed by atoms with Gasteiger partial charge in [0.1, 0.15) is 19.3 Å². The summed E-state index contributed by atoms with van der Waals surface area (Å²) in [6.45, 7) is 2.74. The molecule has 0 radical (unpaired) electrons. The van der Waals surface area contributed by atoms with Crippen LogP contribution in [0, 0.1) is 0 Å². The summed E-state index contributed by atoms with van der Waals surface area (Å²) in [5.41, 5.74) is 5.64. The maximum absolute atomic E-state index is 13.0. The Hall–Kier alpha value is -4.16. The van der Waals surface area contributed by atoms with E-state index in [1.165, 1.54) is 12.5 Å². The normalized spacial score (nSPS) is 11.6. The van der Waals surface area contributed by atoms with Gasteiger partial charge < -0.3 is 24.5 Å². The zero-order chi connectivity index (χ0) is 29.7. The number of benzene rings is 3. The van der Waals surface area contributed by atoms with Gasteiger partial charge in [-0.1, -0.05) is 58.4 Å². The molecule has 42 heavy (non-hydrogen) atoms. The topological polar surface area (TPSA) is 127 Å². The number of halogens is 2. The molecule has 0 unspecified atom stereocenters. The second-order valence-corrected chi connectivity index (χ2v) is 10.7. The molecule has 0 aliphatic heterocycles. The number of ether oxygens (including phenoxy) is 3. The molecule has 3 N–H and O–H groups in total. The minimum absolute atomic E-state index is 0.0725. The average molecular weight is 699 g/mol. The van der Waals surface area contributed by atoms with E-state index < -0.39 is 18.0 Å². The summed E-state index contributed by atoms with van der Waals surface area (Å²) in [6.07, 6.45) is 3.98. The number of nitrogens with one attached hydrogen (secondary N) is 3. The van der Waals surface area contributed by atoms with Gasteiger partial charge in [0.2, 0.25) is 0 Å². The minimum Gasteiger partial charge on any atom is -0.490 e. The summed E-state index contributed by atoms with van der Waals surface area (Å²) in [4.78, 5) is 32.4. The molecule has 4 aromatic rings. The van der Waals surface area contributed by atoms with Gasteiger partial charge in [-0.2, -0.15) is 5.10 Å². The number of imidazole rings is 1. The predicted molar refractivity (Wildman–Crippen MR) is 165 cm³/mol. The van der Waals surface area contributed by atoms with Crippen LogP contribution in [0.15, 0.2) is 93.3 Å². The van der Waals surface area contributed by atoms with Crippen LogP contribution in [0.25, 0.3) is 0 Å². The van der Waals surface area contributed by atoms with Crippen LogP contribution in [-0.2, 0) is 29.2 Å². The molecule has 3 aromatic carbocycles. The smallest absolute Gasteiger partial charge is 0.408 e. The third-order valence-electron chi connectivity index (χ3n) is 5.82. The summed E-state index contributed by atoms with van der Waals surface area (Å²) in [7, 11) is 0. The van der Waals surface area contributed by atoms with Crippen molar-refractivity contribution in [3.63, 3.8) is 0 Å². The molecule has 0 saturated carbocycles. The van der Waals surface area contributed by atoms with Crippen LogP contribution in [0.5, 0.6) is 11.5 Å². The highest BCUT2D eigenvalue weighted by atomic mass is 79.9. The van der Waals surface area contributed by atoms with Crippen LogP contribution < -0.4 is 20.2 Å². The molecule has 0 fully saturated rings. The maximum Gasteiger partial charge on any atom is 0.408 e. The van der Waals surface area contributed by atoms with Gasteiger partial charge in [0, 0.05) is 22.8 Å². The molecule has 218 valence electrons. The van der Waals surface area contributed by atoms with Gasteiger partial charge >= 0.3 is 6.09 Å². The van der Waals surface area contributed by atoms with Crippen molar-refractivity contribution >= 4 is 50.1 Å². The molecule has 10 nitrogen and oxygen atoms in total. The van der Waals surface area contributed by atoms with E-state index in [0.717, 1.165) is 15.6 Å². The SMILES string of the molecule is CCOc1cc(/C=N\NC(=O)[C@H](Cc2cnc[nH]2)NC(=O)OCc2ccccc2)cc(Br)c1OCc1ccc(Br)cc1. The Morgan fingerprint density at radius 2 is 1.79 bits per heavy atom. The lowest BCUT2D eigenvalue weighted by atomic mass is 10.1. The van der Waals surface area contributed by atoms with Gasteiger partial charge in [-0.05, 0) is 63.8 Å². The Morgan fingerprint density at radius 1 is 1.02 bits per heavy atom. The summed E-state index contributed by atoms with van der Waals surface area (Å²) in [5, 5.41) is 6.71.